The summed E-state index contributed by atoms with van der Waals surface area (Å²) in [5.74, 6) is 0.373. The molecule has 0 radical (unpaired) electrons. The van der Waals surface area contributed by atoms with Crippen LogP contribution in [-0.2, 0) is 9.53 Å². The first-order chi connectivity index (χ1) is 10.1. The lowest BCUT2D eigenvalue weighted by atomic mass is 10.2. The summed E-state index contributed by atoms with van der Waals surface area (Å²) in [6.07, 6.45) is 0. The maximum atomic E-state index is 12.2. The van der Waals surface area contributed by atoms with Crippen molar-refractivity contribution in [3.05, 3.63) is 18.2 Å². The number of anilines is 2. The second kappa shape index (κ2) is 7.26. The minimum absolute atomic E-state index is 0.0329. The highest BCUT2D eigenvalue weighted by Gasteiger charge is 2.24. The van der Waals surface area contributed by atoms with Gasteiger partial charge in [0.15, 0.2) is 0 Å². The van der Waals surface area contributed by atoms with Crippen LogP contribution < -0.4 is 15.8 Å². The van der Waals surface area contributed by atoms with E-state index in [0.29, 0.717) is 36.9 Å². The lowest BCUT2D eigenvalue weighted by molar-refractivity contribution is -0.120. The van der Waals surface area contributed by atoms with E-state index < -0.39 is 0 Å². The summed E-state index contributed by atoms with van der Waals surface area (Å²) in [6.45, 7) is 1.77. The number of hydrogen-bond acceptors (Lipinski definition) is 6. The molecule has 2 rings (SSSR count). The Morgan fingerprint density at radius 3 is 3.14 bits per heavy atom. The van der Waals surface area contributed by atoms with Crippen molar-refractivity contribution in [2.45, 2.75) is 6.04 Å². The summed E-state index contributed by atoms with van der Waals surface area (Å²) < 4.78 is 10.5. The predicted molar refractivity (Wildman–Crippen MR) is 79.3 cm³/mol. The second-order valence-corrected chi connectivity index (χ2v) is 4.89. The average Bonchev–Trinajstić information content (AvgIpc) is 2.48. The third-order valence-electron chi connectivity index (χ3n) is 3.40. The number of nitrogens with two attached hydrogens (primary N) is 1. The maximum Gasteiger partial charge on any atom is 0.238 e. The zero-order valence-corrected chi connectivity index (χ0v) is 12.0. The molecule has 1 unspecified atom stereocenters. The molecule has 1 aliphatic heterocycles. The predicted octanol–water partition coefficient (Wildman–Crippen LogP) is -0.0910. The lowest BCUT2D eigenvalue weighted by Crippen LogP contribution is -2.50. The fourth-order valence-electron chi connectivity index (χ4n) is 2.26. The molecule has 1 amide bonds. The van der Waals surface area contributed by atoms with E-state index in [1.54, 1.807) is 18.2 Å². The number of amides is 1. The number of aliphatic hydroxyl groups is 1. The third-order valence-corrected chi connectivity index (χ3v) is 3.40. The van der Waals surface area contributed by atoms with Gasteiger partial charge in [0.05, 0.1) is 45.2 Å². The highest BCUT2D eigenvalue weighted by molar-refractivity contribution is 5.94. The van der Waals surface area contributed by atoms with E-state index in [1.165, 1.54) is 7.11 Å². The maximum absolute atomic E-state index is 12.2. The summed E-state index contributed by atoms with van der Waals surface area (Å²) in [6, 6.07) is 4.92. The Kier molecular flexibility index (Phi) is 5.38. The summed E-state index contributed by atoms with van der Waals surface area (Å²) >= 11 is 0. The van der Waals surface area contributed by atoms with Crippen molar-refractivity contribution < 1.29 is 19.4 Å². The van der Waals surface area contributed by atoms with Crippen LogP contribution in [0.5, 0.6) is 5.75 Å². The number of morpholine rings is 1. The number of hydrogen-bond donors (Lipinski definition) is 3. The van der Waals surface area contributed by atoms with E-state index in [9.17, 15) is 9.90 Å². The van der Waals surface area contributed by atoms with Gasteiger partial charge in [0, 0.05) is 12.2 Å². The molecule has 1 aromatic rings. The fraction of sp³-hybridized carbons (Fsp3) is 0.500. The van der Waals surface area contributed by atoms with Crippen molar-refractivity contribution in [1.82, 2.24) is 4.90 Å². The monoisotopic (exact) mass is 295 g/mol. The number of methoxy groups -OCH3 is 1. The van der Waals surface area contributed by atoms with Gasteiger partial charge in [-0.05, 0) is 18.2 Å². The van der Waals surface area contributed by atoms with E-state index >= 15 is 0 Å². The van der Waals surface area contributed by atoms with Crippen LogP contribution in [0.25, 0.3) is 0 Å². The van der Waals surface area contributed by atoms with Gasteiger partial charge >= 0.3 is 0 Å². The Labute approximate surface area is 123 Å². The standard InChI is InChI=1S/C14H21N3O4/c1-20-13-3-2-10(15)6-12(13)16-14(19)7-17-4-5-21-9-11(17)8-18/h2-3,6,11,18H,4-5,7-9,15H2,1H3,(H,16,19). The van der Waals surface area contributed by atoms with Gasteiger partial charge in [0.2, 0.25) is 5.91 Å². The Morgan fingerprint density at radius 1 is 1.62 bits per heavy atom. The van der Waals surface area contributed by atoms with Crippen LogP contribution in [0.2, 0.25) is 0 Å². The van der Waals surface area contributed by atoms with Crippen LogP contribution in [0.4, 0.5) is 11.4 Å². The Morgan fingerprint density at radius 2 is 2.43 bits per heavy atom. The molecule has 1 saturated heterocycles. The van der Waals surface area contributed by atoms with Crippen molar-refractivity contribution in [2.24, 2.45) is 0 Å². The number of carbonyl (C=O) groups is 1. The highest BCUT2D eigenvalue weighted by atomic mass is 16.5. The van der Waals surface area contributed by atoms with Crippen LogP contribution in [-0.4, -0.2) is 62.0 Å². The van der Waals surface area contributed by atoms with Gasteiger partial charge in [-0.2, -0.15) is 0 Å². The molecule has 1 aromatic carbocycles. The molecule has 116 valence electrons. The molecule has 0 bridgehead atoms. The van der Waals surface area contributed by atoms with Gasteiger partial charge in [0.25, 0.3) is 0 Å². The fourth-order valence-corrected chi connectivity index (χ4v) is 2.26. The molecule has 7 nitrogen and oxygen atoms in total. The largest absolute Gasteiger partial charge is 0.495 e. The number of rotatable bonds is 5. The number of nitrogens with one attached hydrogen (secondary N) is 1. The van der Waals surface area contributed by atoms with Gasteiger partial charge in [-0.3, -0.25) is 9.69 Å². The number of nitrogen functional groups attached to an aromatic ring is 1. The van der Waals surface area contributed by atoms with Crippen molar-refractivity contribution in [3.8, 4) is 5.75 Å². The summed E-state index contributed by atoms with van der Waals surface area (Å²) in [5, 5.41) is 12.1. The minimum atomic E-state index is -0.181. The molecule has 1 fully saturated rings. The first-order valence-corrected chi connectivity index (χ1v) is 6.80. The molecule has 21 heavy (non-hydrogen) atoms. The first kappa shape index (κ1) is 15.6. The number of nitrogens with zero attached hydrogens (tertiary/aromatic N) is 1. The number of carbonyl (C=O) groups excluding carboxylic acids is 1. The highest BCUT2D eigenvalue weighted by Crippen LogP contribution is 2.26. The van der Waals surface area contributed by atoms with Crippen molar-refractivity contribution in [1.29, 1.82) is 0 Å². The van der Waals surface area contributed by atoms with Crippen LogP contribution in [0.3, 0.4) is 0 Å². The molecule has 0 aliphatic carbocycles. The molecule has 0 aromatic heterocycles. The average molecular weight is 295 g/mol. The molecule has 1 aliphatic rings. The quantitative estimate of drug-likeness (QED) is 0.657. The SMILES string of the molecule is COc1ccc(N)cc1NC(=O)CN1CCOCC1CO. The topological polar surface area (TPSA) is 97.0 Å². The zero-order chi connectivity index (χ0) is 15.2. The normalized spacial score (nSPS) is 19.2. The number of ether oxygens (including phenoxy) is 2. The van der Waals surface area contributed by atoms with Gasteiger partial charge in [-0.1, -0.05) is 0 Å². The summed E-state index contributed by atoms with van der Waals surface area (Å²) in [4.78, 5) is 14.1. The van der Waals surface area contributed by atoms with Crippen molar-refractivity contribution >= 4 is 17.3 Å². The van der Waals surface area contributed by atoms with Gasteiger partial charge in [-0.15, -0.1) is 0 Å². The minimum Gasteiger partial charge on any atom is -0.495 e. The molecule has 7 heteroatoms. The van der Waals surface area contributed by atoms with Gasteiger partial charge in [-0.25, -0.2) is 0 Å². The Bertz CT molecular complexity index is 495. The molecular formula is C14H21N3O4. The molecule has 0 saturated carbocycles. The van der Waals surface area contributed by atoms with Crippen LogP contribution in [0.1, 0.15) is 0 Å². The van der Waals surface area contributed by atoms with Gasteiger partial charge in [0.1, 0.15) is 5.75 Å². The second-order valence-electron chi connectivity index (χ2n) is 4.89. The van der Waals surface area contributed by atoms with Crippen LogP contribution in [0.15, 0.2) is 18.2 Å². The lowest BCUT2D eigenvalue weighted by Gasteiger charge is -2.33. The summed E-state index contributed by atoms with van der Waals surface area (Å²) in [5.41, 5.74) is 6.80. The number of aliphatic hydroxyl groups excluding tert-OH is 1. The number of benzene rings is 1. The first-order valence-electron chi connectivity index (χ1n) is 6.80. The van der Waals surface area contributed by atoms with E-state index in [-0.39, 0.29) is 25.1 Å². The summed E-state index contributed by atoms with van der Waals surface area (Å²) in [7, 11) is 1.53. The molecule has 1 atom stereocenters. The Hall–Kier alpha value is -1.83. The smallest absolute Gasteiger partial charge is 0.238 e. The van der Waals surface area contributed by atoms with E-state index in [4.69, 9.17) is 15.2 Å². The van der Waals surface area contributed by atoms with E-state index in [1.807, 2.05) is 4.90 Å². The molecule has 1 heterocycles. The van der Waals surface area contributed by atoms with E-state index in [2.05, 4.69) is 5.32 Å². The molecular weight excluding hydrogens is 274 g/mol. The molecule has 0 spiro atoms. The Balaban J connectivity index is 1.99. The van der Waals surface area contributed by atoms with E-state index in [0.717, 1.165) is 0 Å². The van der Waals surface area contributed by atoms with Crippen molar-refractivity contribution in [2.75, 3.05) is 51.1 Å². The van der Waals surface area contributed by atoms with Gasteiger partial charge < -0.3 is 25.6 Å². The zero-order valence-electron chi connectivity index (χ0n) is 12.0. The third kappa shape index (κ3) is 4.07. The van der Waals surface area contributed by atoms with Crippen LogP contribution in [0, 0.1) is 0 Å². The van der Waals surface area contributed by atoms with Crippen molar-refractivity contribution in [3.63, 3.8) is 0 Å². The molecule has 4 N–H and O–H groups in total. The van der Waals surface area contributed by atoms with Crippen LogP contribution >= 0.6 is 0 Å².